The molecule has 0 aliphatic heterocycles. The molecular formula is C12H15Cl2NO2. The predicted molar refractivity (Wildman–Crippen MR) is 70.9 cm³/mol. The van der Waals surface area contributed by atoms with Gasteiger partial charge in [0.15, 0.2) is 0 Å². The Bertz CT molecular complexity index is 427. The lowest BCUT2D eigenvalue weighted by Crippen LogP contribution is -2.23. The largest absolute Gasteiger partial charge is 0.272 e. The zero-order valence-electron chi connectivity index (χ0n) is 10.0. The second-order valence-corrected chi connectivity index (χ2v) is 6.03. The maximum atomic E-state index is 10.9. The van der Waals surface area contributed by atoms with Crippen molar-refractivity contribution in [3.8, 4) is 0 Å². The Morgan fingerprint density at radius 2 is 2.00 bits per heavy atom. The molecule has 1 unspecified atom stereocenters. The molecule has 5 heteroatoms. The molecule has 0 spiro atoms. The predicted octanol–water partition coefficient (Wildman–Crippen LogP) is 4.44. The van der Waals surface area contributed by atoms with Gasteiger partial charge in [0.05, 0.1) is 4.92 Å². The first-order valence-electron chi connectivity index (χ1n) is 5.28. The average molecular weight is 276 g/mol. The molecule has 0 aromatic heterocycles. The number of nitrogens with zero attached hydrogens (tertiary/aromatic N) is 1. The molecule has 17 heavy (non-hydrogen) atoms. The van der Waals surface area contributed by atoms with Gasteiger partial charge in [0, 0.05) is 22.0 Å². The summed E-state index contributed by atoms with van der Waals surface area (Å²) < 4.78 is 0. The monoisotopic (exact) mass is 275 g/mol. The summed E-state index contributed by atoms with van der Waals surface area (Å²) in [7, 11) is 0. The quantitative estimate of drug-likeness (QED) is 0.465. The van der Waals surface area contributed by atoms with Crippen LogP contribution in [0.4, 0.5) is 5.69 Å². The summed E-state index contributed by atoms with van der Waals surface area (Å²) in [5.41, 5.74) is 0.541. The molecule has 0 aliphatic rings. The van der Waals surface area contributed by atoms with Gasteiger partial charge in [-0.15, -0.1) is 11.6 Å². The molecule has 3 nitrogen and oxygen atoms in total. The topological polar surface area (TPSA) is 43.1 Å². The second kappa shape index (κ2) is 5.23. The SMILES string of the molecule is CC(C)(C)C(Cl)Cc1cc(Cl)ccc1[N+](=O)[O-]. The summed E-state index contributed by atoms with van der Waals surface area (Å²) in [6.45, 7) is 6.00. The van der Waals surface area contributed by atoms with Crippen LogP contribution in [0.25, 0.3) is 0 Å². The van der Waals surface area contributed by atoms with Crippen LogP contribution in [0.3, 0.4) is 0 Å². The number of benzene rings is 1. The van der Waals surface area contributed by atoms with Crippen LogP contribution in [0.1, 0.15) is 26.3 Å². The van der Waals surface area contributed by atoms with E-state index in [1.807, 2.05) is 20.8 Å². The zero-order chi connectivity index (χ0) is 13.2. The summed E-state index contributed by atoms with van der Waals surface area (Å²) >= 11 is 12.1. The Hall–Kier alpha value is -0.800. The van der Waals surface area contributed by atoms with Crippen molar-refractivity contribution in [2.75, 3.05) is 0 Å². The number of halogens is 2. The third kappa shape index (κ3) is 3.86. The van der Waals surface area contributed by atoms with Crippen molar-refractivity contribution in [1.82, 2.24) is 0 Å². The number of hydrogen-bond donors (Lipinski definition) is 0. The highest BCUT2D eigenvalue weighted by molar-refractivity contribution is 6.30. The van der Waals surface area contributed by atoms with Crippen LogP contribution in [0, 0.1) is 15.5 Å². The van der Waals surface area contributed by atoms with Crippen LogP contribution in [0.2, 0.25) is 5.02 Å². The maximum absolute atomic E-state index is 10.9. The molecule has 0 heterocycles. The van der Waals surface area contributed by atoms with E-state index < -0.39 is 4.92 Å². The van der Waals surface area contributed by atoms with Crippen molar-refractivity contribution in [3.63, 3.8) is 0 Å². The highest BCUT2D eigenvalue weighted by Gasteiger charge is 2.25. The van der Waals surface area contributed by atoms with E-state index in [9.17, 15) is 10.1 Å². The number of nitro groups is 1. The van der Waals surface area contributed by atoms with Crippen molar-refractivity contribution < 1.29 is 4.92 Å². The summed E-state index contributed by atoms with van der Waals surface area (Å²) in [4.78, 5) is 10.5. The second-order valence-electron chi connectivity index (χ2n) is 5.07. The van der Waals surface area contributed by atoms with Crippen LogP contribution in [-0.2, 0) is 6.42 Å². The van der Waals surface area contributed by atoms with Crippen LogP contribution in [0.5, 0.6) is 0 Å². The van der Waals surface area contributed by atoms with Gasteiger partial charge in [-0.05, 0) is 24.0 Å². The van der Waals surface area contributed by atoms with Crippen molar-refractivity contribution in [2.45, 2.75) is 32.6 Å². The molecule has 0 fully saturated rings. The standard InChI is InChI=1S/C12H15Cl2NO2/c1-12(2,3)11(14)7-8-6-9(13)4-5-10(8)15(16)17/h4-6,11H,7H2,1-3H3. The van der Waals surface area contributed by atoms with E-state index in [0.717, 1.165) is 0 Å². The van der Waals surface area contributed by atoms with Gasteiger partial charge in [0.25, 0.3) is 5.69 Å². The fourth-order valence-corrected chi connectivity index (χ4v) is 1.76. The van der Waals surface area contributed by atoms with E-state index in [-0.39, 0.29) is 16.5 Å². The zero-order valence-corrected chi connectivity index (χ0v) is 11.5. The first kappa shape index (κ1) is 14.3. The molecule has 0 bridgehead atoms. The molecule has 0 N–H and O–H groups in total. The number of nitro benzene ring substituents is 1. The van der Waals surface area contributed by atoms with Gasteiger partial charge in [0.1, 0.15) is 0 Å². The molecule has 0 aliphatic carbocycles. The summed E-state index contributed by atoms with van der Waals surface area (Å²) in [5, 5.41) is 11.2. The molecule has 0 amide bonds. The van der Waals surface area contributed by atoms with E-state index in [4.69, 9.17) is 23.2 Å². The first-order chi connectivity index (χ1) is 7.71. The van der Waals surface area contributed by atoms with Crippen LogP contribution < -0.4 is 0 Å². The normalized spacial score (nSPS) is 13.5. The minimum atomic E-state index is -0.405. The van der Waals surface area contributed by atoms with Crippen molar-refractivity contribution in [2.24, 2.45) is 5.41 Å². The van der Waals surface area contributed by atoms with E-state index in [0.29, 0.717) is 17.0 Å². The lowest BCUT2D eigenvalue weighted by molar-refractivity contribution is -0.385. The van der Waals surface area contributed by atoms with Crippen molar-refractivity contribution in [3.05, 3.63) is 38.9 Å². The smallest absolute Gasteiger partial charge is 0.258 e. The van der Waals surface area contributed by atoms with Crippen molar-refractivity contribution >= 4 is 28.9 Å². The minimum Gasteiger partial charge on any atom is -0.258 e. The molecule has 0 saturated carbocycles. The molecule has 1 rings (SSSR count). The van der Waals surface area contributed by atoms with Gasteiger partial charge in [-0.25, -0.2) is 0 Å². The Morgan fingerprint density at radius 3 is 2.47 bits per heavy atom. The Balaban J connectivity index is 3.04. The molecule has 0 saturated heterocycles. The average Bonchev–Trinajstić information content (AvgIpc) is 2.15. The highest BCUT2D eigenvalue weighted by Crippen LogP contribution is 2.31. The minimum absolute atomic E-state index is 0.0734. The summed E-state index contributed by atoms with van der Waals surface area (Å²) in [5.74, 6) is 0. The molecule has 1 atom stereocenters. The Morgan fingerprint density at radius 1 is 1.41 bits per heavy atom. The molecule has 1 aromatic carbocycles. The van der Waals surface area contributed by atoms with Gasteiger partial charge in [-0.2, -0.15) is 0 Å². The summed E-state index contributed by atoms with van der Waals surface area (Å²) in [6, 6.07) is 4.55. The van der Waals surface area contributed by atoms with Crippen LogP contribution in [0.15, 0.2) is 18.2 Å². The van der Waals surface area contributed by atoms with Crippen molar-refractivity contribution in [1.29, 1.82) is 0 Å². The molecule has 0 radical (unpaired) electrons. The highest BCUT2D eigenvalue weighted by atomic mass is 35.5. The van der Waals surface area contributed by atoms with E-state index >= 15 is 0 Å². The Kier molecular flexibility index (Phi) is 4.39. The lowest BCUT2D eigenvalue weighted by Gasteiger charge is -2.25. The van der Waals surface area contributed by atoms with E-state index in [1.165, 1.54) is 12.1 Å². The molecular weight excluding hydrogens is 261 g/mol. The van der Waals surface area contributed by atoms with Gasteiger partial charge < -0.3 is 0 Å². The van der Waals surface area contributed by atoms with E-state index in [1.54, 1.807) is 6.07 Å². The Labute approximate surface area is 111 Å². The number of hydrogen-bond acceptors (Lipinski definition) is 2. The first-order valence-corrected chi connectivity index (χ1v) is 6.10. The van der Waals surface area contributed by atoms with Gasteiger partial charge >= 0.3 is 0 Å². The lowest BCUT2D eigenvalue weighted by atomic mass is 9.87. The van der Waals surface area contributed by atoms with Gasteiger partial charge in [0.2, 0.25) is 0 Å². The van der Waals surface area contributed by atoms with E-state index in [2.05, 4.69) is 0 Å². The fraction of sp³-hybridized carbons (Fsp3) is 0.500. The number of alkyl halides is 1. The maximum Gasteiger partial charge on any atom is 0.272 e. The fourth-order valence-electron chi connectivity index (χ4n) is 1.39. The molecule has 94 valence electrons. The number of rotatable bonds is 3. The molecule has 1 aromatic rings. The van der Waals surface area contributed by atoms with Crippen LogP contribution in [-0.4, -0.2) is 10.3 Å². The van der Waals surface area contributed by atoms with Crippen LogP contribution >= 0.6 is 23.2 Å². The van der Waals surface area contributed by atoms with Gasteiger partial charge in [-0.1, -0.05) is 32.4 Å². The summed E-state index contributed by atoms with van der Waals surface area (Å²) in [6.07, 6.45) is 0.432. The van der Waals surface area contributed by atoms with Gasteiger partial charge in [-0.3, -0.25) is 10.1 Å². The third-order valence-electron chi connectivity index (χ3n) is 2.58. The third-order valence-corrected chi connectivity index (χ3v) is 3.62.